The van der Waals surface area contributed by atoms with E-state index in [1.165, 1.54) is 32.4 Å². The zero-order chi connectivity index (χ0) is 20.4. The Hall–Kier alpha value is -2.68. The van der Waals surface area contributed by atoms with Crippen molar-refractivity contribution >= 4 is 44.5 Å². The van der Waals surface area contributed by atoms with Crippen molar-refractivity contribution in [1.29, 1.82) is 10.5 Å². The topological polar surface area (TPSA) is 106 Å². The number of hydrogen-bond donors (Lipinski definition) is 2. The van der Waals surface area contributed by atoms with Crippen LogP contribution in [-0.2, 0) is 35.3 Å². The zero-order valence-corrected chi connectivity index (χ0v) is 17.5. The number of carbonyl (C=O) groups is 2. The second-order valence-electron chi connectivity index (χ2n) is 7.30. The molecule has 0 atom stereocenters. The number of carbonyl (C=O) groups excluding carboxylic acids is 2. The van der Waals surface area contributed by atoms with E-state index < -0.39 is 0 Å². The third kappa shape index (κ3) is 3.91. The first-order chi connectivity index (χ1) is 14.1. The van der Waals surface area contributed by atoms with E-state index in [9.17, 15) is 20.1 Å². The molecule has 8 heteroatoms. The van der Waals surface area contributed by atoms with E-state index in [4.69, 9.17) is 0 Å². The molecule has 0 fully saturated rings. The van der Waals surface area contributed by atoms with Crippen LogP contribution in [0, 0.1) is 22.7 Å². The van der Waals surface area contributed by atoms with Crippen LogP contribution in [0.4, 0.5) is 10.0 Å². The molecule has 0 bridgehead atoms. The Balaban J connectivity index is 1.28. The Kier molecular flexibility index (Phi) is 5.66. The number of aryl methyl sites for hydroxylation is 2. The van der Waals surface area contributed by atoms with Gasteiger partial charge in [-0.05, 0) is 56.1 Å². The smallest absolute Gasteiger partial charge is 0.225 e. The van der Waals surface area contributed by atoms with Crippen molar-refractivity contribution in [2.24, 2.45) is 0 Å². The fourth-order valence-electron chi connectivity index (χ4n) is 4.01. The quantitative estimate of drug-likeness (QED) is 0.722. The van der Waals surface area contributed by atoms with Gasteiger partial charge in [-0.1, -0.05) is 0 Å². The molecule has 0 unspecified atom stereocenters. The summed E-state index contributed by atoms with van der Waals surface area (Å²) in [4.78, 5) is 26.9. The van der Waals surface area contributed by atoms with Crippen LogP contribution in [0.2, 0.25) is 0 Å². The van der Waals surface area contributed by atoms with Crippen LogP contribution in [0.5, 0.6) is 0 Å². The van der Waals surface area contributed by atoms with Crippen molar-refractivity contribution < 1.29 is 9.59 Å². The van der Waals surface area contributed by atoms with E-state index >= 15 is 0 Å². The first-order valence-electron chi connectivity index (χ1n) is 9.79. The molecule has 2 aromatic rings. The standard InChI is InChI=1S/C21H20N4O2S2/c22-10-14-12-4-1-6-16(12)28-20(14)24-18(26)8-3-9-19(27)25-21-15(11-23)13-5-2-7-17(13)29-21/h1-9H2,(H,24,26)(H,25,27). The Bertz CT molecular complexity index is 984. The van der Waals surface area contributed by atoms with Gasteiger partial charge in [-0.3, -0.25) is 9.59 Å². The summed E-state index contributed by atoms with van der Waals surface area (Å²) in [6, 6.07) is 4.43. The summed E-state index contributed by atoms with van der Waals surface area (Å²) < 4.78 is 0. The molecule has 0 spiro atoms. The summed E-state index contributed by atoms with van der Waals surface area (Å²) in [5.74, 6) is -0.357. The van der Waals surface area contributed by atoms with Gasteiger partial charge in [0.25, 0.3) is 0 Å². The lowest BCUT2D eigenvalue weighted by Gasteiger charge is -2.05. The third-order valence-corrected chi connectivity index (χ3v) is 7.79. The fourth-order valence-corrected chi connectivity index (χ4v) is 6.52. The summed E-state index contributed by atoms with van der Waals surface area (Å²) in [6.45, 7) is 0. The second-order valence-corrected chi connectivity index (χ2v) is 9.51. The number of hydrogen-bond acceptors (Lipinski definition) is 6. The molecule has 2 N–H and O–H groups in total. The van der Waals surface area contributed by atoms with Gasteiger partial charge < -0.3 is 10.6 Å². The average Bonchev–Trinajstić information content (AvgIpc) is 3.42. The molecule has 29 heavy (non-hydrogen) atoms. The maximum absolute atomic E-state index is 12.3. The molecule has 2 aliphatic rings. The number of anilines is 2. The van der Waals surface area contributed by atoms with Crippen LogP contribution >= 0.6 is 22.7 Å². The minimum atomic E-state index is -0.179. The van der Waals surface area contributed by atoms with Crippen LogP contribution in [0.1, 0.15) is 64.1 Å². The number of fused-ring (bicyclic) bond motifs is 2. The number of nitriles is 2. The molecule has 2 aliphatic carbocycles. The highest BCUT2D eigenvalue weighted by Crippen LogP contribution is 2.39. The molecule has 2 amide bonds. The average molecular weight is 425 g/mol. The van der Waals surface area contributed by atoms with Gasteiger partial charge >= 0.3 is 0 Å². The van der Waals surface area contributed by atoms with E-state index in [1.807, 2.05) is 0 Å². The zero-order valence-electron chi connectivity index (χ0n) is 15.9. The molecule has 6 nitrogen and oxygen atoms in total. The van der Waals surface area contributed by atoms with Crippen LogP contribution in [-0.4, -0.2) is 11.8 Å². The van der Waals surface area contributed by atoms with E-state index in [2.05, 4.69) is 22.8 Å². The highest BCUT2D eigenvalue weighted by molar-refractivity contribution is 7.17. The summed E-state index contributed by atoms with van der Waals surface area (Å²) in [7, 11) is 0. The van der Waals surface area contributed by atoms with Gasteiger partial charge in [0.05, 0.1) is 11.1 Å². The van der Waals surface area contributed by atoms with Gasteiger partial charge in [-0.2, -0.15) is 10.5 Å². The highest BCUT2D eigenvalue weighted by Gasteiger charge is 2.24. The van der Waals surface area contributed by atoms with Gasteiger partial charge in [0.2, 0.25) is 11.8 Å². The summed E-state index contributed by atoms with van der Waals surface area (Å²) in [6.07, 6.45) is 6.74. The second kappa shape index (κ2) is 8.36. The predicted octanol–water partition coefficient (Wildman–Crippen LogP) is 4.28. The summed E-state index contributed by atoms with van der Waals surface area (Å²) in [5.41, 5.74) is 3.37. The molecule has 2 heterocycles. The molecular formula is C21H20N4O2S2. The highest BCUT2D eigenvalue weighted by atomic mass is 32.1. The van der Waals surface area contributed by atoms with Crippen molar-refractivity contribution in [1.82, 2.24) is 0 Å². The molecule has 0 aliphatic heterocycles. The first-order valence-corrected chi connectivity index (χ1v) is 11.4. The monoisotopic (exact) mass is 424 g/mol. The first kappa shape index (κ1) is 19.6. The molecule has 0 radical (unpaired) electrons. The van der Waals surface area contributed by atoms with Crippen LogP contribution in [0.25, 0.3) is 0 Å². The van der Waals surface area contributed by atoms with E-state index in [-0.39, 0.29) is 24.7 Å². The van der Waals surface area contributed by atoms with Gasteiger partial charge in [-0.15, -0.1) is 22.7 Å². The minimum Gasteiger partial charge on any atom is -0.317 e. The van der Waals surface area contributed by atoms with Crippen LogP contribution in [0.3, 0.4) is 0 Å². The van der Waals surface area contributed by atoms with E-state index in [0.717, 1.165) is 49.7 Å². The summed E-state index contributed by atoms with van der Waals surface area (Å²) >= 11 is 2.99. The van der Waals surface area contributed by atoms with Gasteiger partial charge in [0.1, 0.15) is 22.1 Å². The van der Waals surface area contributed by atoms with Gasteiger partial charge in [-0.25, -0.2) is 0 Å². The molecule has 4 rings (SSSR count). The molecule has 0 saturated carbocycles. The number of rotatable bonds is 6. The molecular weight excluding hydrogens is 404 g/mol. The number of thiophene rings is 2. The number of amides is 2. The Morgan fingerprint density at radius 3 is 1.66 bits per heavy atom. The molecule has 148 valence electrons. The lowest BCUT2D eigenvalue weighted by atomic mass is 10.1. The lowest BCUT2D eigenvalue weighted by Crippen LogP contribution is -2.15. The summed E-state index contributed by atoms with van der Waals surface area (Å²) in [5, 5.41) is 25.7. The number of nitrogens with zero attached hydrogens (tertiary/aromatic N) is 2. The Morgan fingerprint density at radius 1 is 0.793 bits per heavy atom. The van der Waals surface area contributed by atoms with Crippen LogP contribution < -0.4 is 10.6 Å². The van der Waals surface area contributed by atoms with Gasteiger partial charge in [0, 0.05) is 22.6 Å². The van der Waals surface area contributed by atoms with Crippen molar-refractivity contribution in [2.45, 2.75) is 57.8 Å². The third-order valence-electron chi connectivity index (χ3n) is 5.38. The van der Waals surface area contributed by atoms with Crippen LogP contribution in [0.15, 0.2) is 0 Å². The largest absolute Gasteiger partial charge is 0.317 e. The molecule has 0 aromatic carbocycles. The molecule has 0 saturated heterocycles. The Labute approximate surface area is 177 Å². The molecule has 2 aromatic heterocycles. The Morgan fingerprint density at radius 2 is 1.24 bits per heavy atom. The lowest BCUT2D eigenvalue weighted by molar-refractivity contribution is -0.117. The van der Waals surface area contributed by atoms with Crippen molar-refractivity contribution in [2.75, 3.05) is 10.6 Å². The SMILES string of the molecule is N#Cc1c(NC(=O)CCCC(=O)Nc2sc3c(c2C#N)CCC3)sc2c1CCC2. The predicted molar refractivity (Wildman–Crippen MR) is 113 cm³/mol. The van der Waals surface area contributed by atoms with E-state index in [1.54, 1.807) is 0 Å². The normalized spacial score (nSPS) is 14.0. The fraction of sp³-hybridized carbons (Fsp3) is 0.429. The number of nitrogens with one attached hydrogen (secondary N) is 2. The van der Waals surface area contributed by atoms with E-state index in [0.29, 0.717) is 27.5 Å². The maximum atomic E-state index is 12.3. The van der Waals surface area contributed by atoms with Crippen molar-refractivity contribution in [3.8, 4) is 12.1 Å². The minimum absolute atomic E-state index is 0.179. The van der Waals surface area contributed by atoms with Gasteiger partial charge in [0.15, 0.2) is 0 Å². The van der Waals surface area contributed by atoms with Crippen molar-refractivity contribution in [3.05, 3.63) is 32.0 Å². The van der Waals surface area contributed by atoms with Crippen molar-refractivity contribution in [3.63, 3.8) is 0 Å². The maximum Gasteiger partial charge on any atom is 0.225 e.